The minimum absolute atomic E-state index is 0.186. The van der Waals surface area contributed by atoms with Crippen LogP contribution in [0.2, 0.25) is 0 Å². The number of rotatable bonds is 4. The van der Waals surface area contributed by atoms with Gasteiger partial charge in [-0.25, -0.2) is 0 Å². The van der Waals surface area contributed by atoms with Crippen molar-refractivity contribution in [3.8, 4) is 0 Å². The van der Waals surface area contributed by atoms with Gasteiger partial charge in [0.05, 0.1) is 18.8 Å². The van der Waals surface area contributed by atoms with E-state index in [-0.39, 0.29) is 17.5 Å². The number of aliphatic hydroxyl groups excluding tert-OH is 1. The fourth-order valence-electron chi connectivity index (χ4n) is 1.99. The number of aliphatic hydroxyl groups is 1. The van der Waals surface area contributed by atoms with Crippen LogP contribution in [0, 0.1) is 0 Å². The predicted molar refractivity (Wildman–Crippen MR) is 72.4 cm³/mol. The van der Waals surface area contributed by atoms with E-state index in [0.29, 0.717) is 0 Å². The van der Waals surface area contributed by atoms with E-state index < -0.39 is 0 Å². The zero-order chi connectivity index (χ0) is 12.3. The highest BCUT2D eigenvalue weighted by molar-refractivity contribution is 7.99. The molecule has 0 spiro atoms. The summed E-state index contributed by atoms with van der Waals surface area (Å²) in [5.74, 6) is 0.920. The number of ether oxygens (including phenoxy) is 1. The average Bonchev–Trinajstić information content (AvgIpc) is 2.35. The van der Waals surface area contributed by atoms with Gasteiger partial charge in [0.1, 0.15) is 0 Å². The van der Waals surface area contributed by atoms with Gasteiger partial charge in [0.15, 0.2) is 0 Å². The van der Waals surface area contributed by atoms with E-state index in [0.717, 1.165) is 18.8 Å². The summed E-state index contributed by atoms with van der Waals surface area (Å²) in [7, 11) is 0. The van der Waals surface area contributed by atoms with Gasteiger partial charge in [-0.2, -0.15) is 11.8 Å². The number of hydrogen-bond acceptors (Lipinski definition) is 3. The second kappa shape index (κ2) is 5.89. The minimum atomic E-state index is -0.265. The van der Waals surface area contributed by atoms with Crippen molar-refractivity contribution in [1.29, 1.82) is 0 Å². The van der Waals surface area contributed by atoms with E-state index in [1.54, 1.807) is 11.8 Å². The van der Waals surface area contributed by atoms with Crippen molar-refractivity contribution in [2.75, 3.05) is 12.4 Å². The standard InChI is InChI=1S/C14H20O2S/c1-10(15)11(2)17-9-14-13-6-4-3-5-12(13)7-8-16-14/h3-6,10-11,14-15H,7-9H2,1-2H3. The molecule has 0 amide bonds. The highest BCUT2D eigenvalue weighted by Crippen LogP contribution is 2.31. The lowest BCUT2D eigenvalue weighted by Crippen LogP contribution is -2.21. The molecule has 3 unspecified atom stereocenters. The maximum atomic E-state index is 9.48. The van der Waals surface area contributed by atoms with Crippen LogP contribution >= 0.6 is 11.8 Å². The molecule has 17 heavy (non-hydrogen) atoms. The van der Waals surface area contributed by atoms with Crippen molar-refractivity contribution in [3.05, 3.63) is 35.4 Å². The third-order valence-corrected chi connectivity index (χ3v) is 4.70. The molecule has 0 bridgehead atoms. The van der Waals surface area contributed by atoms with Crippen molar-refractivity contribution >= 4 is 11.8 Å². The highest BCUT2D eigenvalue weighted by atomic mass is 32.2. The molecular weight excluding hydrogens is 232 g/mol. The molecule has 0 aromatic heterocycles. The Morgan fingerprint density at radius 2 is 2.18 bits per heavy atom. The minimum Gasteiger partial charge on any atom is -0.392 e. The van der Waals surface area contributed by atoms with Crippen molar-refractivity contribution in [3.63, 3.8) is 0 Å². The Hall–Kier alpha value is -0.510. The molecular formula is C14H20O2S. The number of hydrogen-bond donors (Lipinski definition) is 1. The van der Waals surface area contributed by atoms with Gasteiger partial charge in [-0.1, -0.05) is 31.2 Å². The average molecular weight is 252 g/mol. The van der Waals surface area contributed by atoms with Crippen LogP contribution < -0.4 is 0 Å². The summed E-state index contributed by atoms with van der Waals surface area (Å²) in [6.07, 6.45) is 0.938. The van der Waals surface area contributed by atoms with Crippen molar-refractivity contribution in [2.45, 2.75) is 37.7 Å². The third-order valence-electron chi connectivity index (χ3n) is 3.28. The lowest BCUT2D eigenvalue weighted by molar-refractivity contribution is 0.0586. The molecule has 1 aliphatic rings. The first-order chi connectivity index (χ1) is 8.18. The predicted octanol–water partition coefficient (Wildman–Crippen LogP) is 2.80. The summed E-state index contributed by atoms with van der Waals surface area (Å²) in [5, 5.41) is 9.74. The quantitative estimate of drug-likeness (QED) is 0.893. The summed E-state index contributed by atoms with van der Waals surface area (Å²) in [5.41, 5.74) is 2.73. The van der Waals surface area contributed by atoms with Gasteiger partial charge in [-0.15, -0.1) is 0 Å². The number of thioether (sulfide) groups is 1. The molecule has 94 valence electrons. The van der Waals surface area contributed by atoms with Gasteiger partial charge in [-0.05, 0) is 24.5 Å². The first-order valence-corrected chi connectivity index (χ1v) is 7.22. The van der Waals surface area contributed by atoms with Gasteiger partial charge in [0.25, 0.3) is 0 Å². The van der Waals surface area contributed by atoms with Crippen LogP contribution in [-0.2, 0) is 11.2 Å². The Kier molecular flexibility index (Phi) is 4.48. The second-order valence-corrected chi connectivity index (χ2v) is 6.00. The van der Waals surface area contributed by atoms with E-state index in [4.69, 9.17) is 4.74 Å². The molecule has 2 rings (SSSR count). The zero-order valence-electron chi connectivity index (χ0n) is 10.4. The van der Waals surface area contributed by atoms with Gasteiger partial charge >= 0.3 is 0 Å². The van der Waals surface area contributed by atoms with Crippen LogP contribution in [0.3, 0.4) is 0 Å². The third kappa shape index (κ3) is 3.24. The molecule has 0 saturated carbocycles. The van der Waals surface area contributed by atoms with Crippen LogP contribution in [0.4, 0.5) is 0 Å². The van der Waals surface area contributed by atoms with E-state index in [9.17, 15) is 5.11 Å². The van der Waals surface area contributed by atoms with Crippen molar-refractivity contribution in [1.82, 2.24) is 0 Å². The highest BCUT2D eigenvalue weighted by Gasteiger charge is 2.21. The Balaban J connectivity index is 1.99. The lowest BCUT2D eigenvalue weighted by atomic mass is 9.99. The first-order valence-electron chi connectivity index (χ1n) is 6.17. The normalized spacial score (nSPS) is 22.9. The molecule has 0 fully saturated rings. The van der Waals surface area contributed by atoms with Crippen LogP contribution in [0.5, 0.6) is 0 Å². The van der Waals surface area contributed by atoms with Gasteiger partial charge < -0.3 is 9.84 Å². The largest absolute Gasteiger partial charge is 0.392 e. The van der Waals surface area contributed by atoms with E-state index in [1.165, 1.54) is 11.1 Å². The summed E-state index contributed by atoms with van der Waals surface area (Å²) < 4.78 is 5.83. The summed E-state index contributed by atoms with van der Waals surface area (Å²) in [4.78, 5) is 0. The summed E-state index contributed by atoms with van der Waals surface area (Å²) in [6, 6.07) is 8.51. The molecule has 1 aliphatic heterocycles. The molecule has 1 N–H and O–H groups in total. The van der Waals surface area contributed by atoms with Crippen LogP contribution in [0.25, 0.3) is 0 Å². The Morgan fingerprint density at radius 3 is 2.94 bits per heavy atom. The molecule has 0 saturated heterocycles. The van der Waals surface area contributed by atoms with Gasteiger partial charge in [-0.3, -0.25) is 0 Å². The maximum Gasteiger partial charge on any atom is 0.0918 e. The van der Waals surface area contributed by atoms with E-state index in [2.05, 4.69) is 31.2 Å². The second-order valence-electron chi connectivity index (χ2n) is 4.59. The lowest BCUT2D eigenvalue weighted by Gasteiger charge is -2.27. The fraction of sp³-hybridized carbons (Fsp3) is 0.571. The molecule has 0 radical (unpaired) electrons. The van der Waals surface area contributed by atoms with Crippen LogP contribution in [0.1, 0.15) is 31.1 Å². The van der Waals surface area contributed by atoms with Crippen molar-refractivity contribution < 1.29 is 9.84 Å². The molecule has 1 aromatic carbocycles. The summed E-state index contributed by atoms with van der Waals surface area (Å²) >= 11 is 1.78. The van der Waals surface area contributed by atoms with Crippen LogP contribution in [-0.4, -0.2) is 28.8 Å². The van der Waals surface area contributed by atoms with Crippen LogP contribution in [0.15, 0.2) is 24.3 Å². The molecule has 2 nitrogen and oxygen atoms in total. The number of fused-ring (bicyclic) bond motifs is 1. The number of benzene rings is 1. The Bertz CT molecular complexity index is 365. The smallest absolute Gasteiger partial charge is 0.0918 e. The Labute approximate surface area is 107 Å². The fourth-order valence-corrected chi connectivity index (χ4v) is 3.03. The zero-order valence-corrected chi connectivity index (χ0v) is 11.2. The first kappa shape index (κ1) is 12.9. The monoisotopic (exact) mass is 252 g/mol. The SMILES string of the molecule is CC(O)C(C)SCC1OCCc2ccccc21. The summed E-state index contributed by atoms with van der Waals surface area (Å²) in [6.45, 7) is 4.71. The van der Waals surface area contributed by atoms with Gasteiger partial charge in [0.2, 0.25) is 0 Å². The molecule has 3 atom stereocenters. The topological polar surface area (TPSA) is 29.5 Å². The molecule has 1 heterocycles. The van der Waals surface area contributed by atoms with E-state index >= 15 is 0 Å². The van der Waals surface area contributed by atoms with E-state index in [1.807, 2.05) is 6.92 Å². The maximum absolute atomic E-state index is 9.48. The molecule has 3 heteroatoms. The van der Waals surface area contributed by atoms with Gasteiger partial charge in [0, 0.05) is 11.0 Å². The Morgan fingerprint density at radius 1 is 1.41 bits per heavy atom. The molecule has 1 aromatic rings. The molecule has 0 aliphatic carbocycles. The van der Waals surface area contributed by atoms with Crippen molar-refractivity contribution in [2.24, 2.45) is 0 Å².